The highest BCUT2D eigenvalue weighted by Crippen LogP contribution is 2.27. The minimum Gasteiger partial charge on any atom is -0.462 e. The Hall–Kier alpha value is -1.17. The van der Waals surface area contributed by atoms with Crippen LogP contribution in [0.15, 0.2) is 22.7 Å². The molecule has 0 amide bonds. The number of carbonyl (C=O) groups is 1. The quantitative estimate of drug-likeness (QED) is 0.800. The van der Waals surface area contributed by atoms with Crippen molar-refractivity contribution in [2.24, 2.45) is 0 Å². The van der Waals surface area contributed by atoms with E-state index in [2.05, 4.69) is 20.7 Å². The molecule has 0 unspecified atom stereocenters. The number of rotatable bonds is 4. The van der Waals surface area contributed by atoms with Crippen molar-refractivity contribution in [2.45, 2.75) is 13.5 Å². The highest BCUT2D eigenvalue weighted by molar-refractivity contribution is 9.10. The monoisotopic (exact) mass is 294 g/mol. The predicted molar refractivity (Wildman–Crippen MR) is 56.7 cm³/mol. The summed E-state index contributed by atoms with van der Waals surface area (Å²) in [5.74, 6) is -0.533. The van der Waals surface area contributed by atoms with Gasteiger partial charge >= 0.3 is 12.6 Å². The number of halogens is 3. The van der Waals surface area contributed by atoms with E-state index in [0.717, 1.165) is 0 Å². The van der Waals surface area contributed by atoms with Crippen LogP contribution in [0.1, 0.15) is 17.3 Å². The van der Waals surface area contributed by atoms with E-state index in [4.69, 9.17) is 4.74 Å². The molecule has 0 aliphatic carbocycles. The molecule has 0 saturated heterocycles. The molecule has 0 aliphatic rings. The molecule has 0 fully saturated rings. The summed E-state index contributed by atoms with van der Waals surface area (Å²) in [6, 6.07) is 4.01. The van der Waals surface area contributed by atoms with Crippen LogP contribution in [0.5, 0.6) is 5.75 Å². The van der Waals surface area contributed by atoms with E-state index in [1.54, 1.807) is 6.92 Å². The minimum absolute atomic E-state index is 0.0250. The SMILES string of the molecule is CCOC(=O)c1ccc(OC(F)F)c(Br)c1. The number of alkyl halides is 2. The topological polar surface area (TPSA) is 35.5 Å². The van der Waals surface area contributed by atoms with Crippen LogP contribution in [-0.2, 0) is 4.74 Å². The highest BCUT2D eigenvalue weighted by atomic mass is 79.9. The fourth-order valence-electron chi connectivity index (χ4n) is 1.03. The molecule has 0 aliphatic heterocycles. The Bertz CT molecular complexity index is 382. The average molecular weight is 295 g/mol. The molecule has 1 rings (SSSR count). The molecule has 0 N–H and O–H groups in total. The summed E-state index contributed by atoms with van der Waals surface area (Å²) < 4.78 is 33.1. The number of esters is 1. The molecule has 0 bridgehead atoms. The maximum atomic E-state index is 11.9. The number of benzene rings is 1. The minimum atomic E-state index is -2.90. The van der Waals surface area contributed by atoms with E-state index in [9.17, 15) is 13.6 Å². The average Bonchev–Trinajstić information content (AvgIpc) is 2.20. The lowest BCUT2D eigenvalue weighted by molar-refractivity contribution is -0.0503. The second kappa shape index (κ2) is 5.79. The lowest BCUT2D eigenvalue weighted by Crippen LogP contribution is -2.06. The van der Waals surface area contributed by atoms with E-state index in [1.807, 2.05) is 0 Å². The number of hydrogen-bond donors (Lipinski definition) is 0. The molecular weight excluding hydrogens is 286 g/mol. The van der Waals surface area contributed by atoms with Crippen LogP contribution >= 0.6 is 15.9 Å². The Labute approximate surface area is 99.5 Å². The van der Waals surface area contributed by atoms with Crippen LogP contribution in [0.3, 0.4) is 0 Å². The first-order chi connectivity index (χ1) is 7.54. The van der Waals surface area contributed by atoms with Crippen molar-refractivity contribution < 1.29 is 23.0 Å². The zero-order valence-corrected chi connectivity index (χ0v) is 9.96. The van der Waals surface area contributed by atoms with Crippen LogP contribution in [0.2, 0.25) is 0 Å². The van der Waals surface area contributed by atoms with Gasteiger partial charge < -0.3 is 9.47 Å². The van der Waals surface area contributed by atoms with Crippen LogP contribution < -0.4 is 4.74 Å². The van der Waals surface area contributed by atoms with E-state index in [1.165, 1.54) is 18.2 Å². The van der Waals surface area contributed by atoms with Gasteiger partial charge in [0.25, 0.3) is 0 Å². The zero-order valence-electron chi connectivity index (χ0n) is 8.38. The van der Waals surface area contributed by atoms with Gasteiger partial charge in [-0.2, -0.15) is 8.78 Å². The first kappa shape index (κ1) is 12.9. The Kier molecular flexibility index (Phi) is 4.67. The van der Waals surface area contributed by atoms with E-state index < -0.39 is 12.6 Å². The van der Waals surface area contributed by atoms with Crippen molar-refractivity contribution in [1.82, 2.24) is 0 Å². The molecule has 0 spiro atoms. The molecule has 1 aromatic rings. The second-order valence-corrected chi connectivity index (χ2v) is 3.60. The van der Waals surface area contributed by atoms with Crippen molar-refractivity contribution >= 4 is 21.9 Å². The molecule has 1 aromatic carbocycles. The van der Waals surface area contributed by atoms with Gasteiger partial charge in [-0.05, 0) is 41.1 Å². The van der Waals surface area contributed by atoms with E-state index >= 15 is 0 Å². The molecule has 6 heteroatoms. The summed E-state index contributed by atoms with van der Waals surface area (Å²) in [7, 11) is 0. The zero-order chi connectivity index (χ0) is 12.1. The predicted octanol–water partition coefficient (Wildman–Crippen LogP) is 3.23. The third-order valence-corrected chi connectivity index (χ3v) is 2.28. The fraction of sp³-hybridized carbons (Fsp3) is 0.300. The van der Waals surface area contributed by atoms with Gasteiger partial charge in [0.2, 0.25) is 0 Å². The molecule has 16 heavy (non-hydrogen) atoms. The molecule has 0 atom stereocenters. The van der Waals surface area contributed by atoms with Crippen LogP contribution in [-0.4, -0.2) is 19.2 Å². The van der Waals surface area contributed by atoms with Gasteiger partial charge in [0, 0.05) is 0 Å². The second-order valence-electron chi connectivity index (χ2n) is 2.74. The first-order valence-corrected chi connectivity index (χ1v) is 5.25. The van der Waals surface area contributed by atoms with Gasteiger partial charge in [0.05, 0.1) is 16.6 Å². The Balaban J connectivity index is 2.86. The maximum absolute atomic E-state index is 11.9. The maximum Gasteiger partial charge on any atom is 0.387 e. The van der Waals surface area contributed by atoms with Crippen LogP contribution in [0, 0.1) is 0 Å². The highest BCUT2D eigenvalue weighted by Gasteiger charge is 2.12. The molecule has 0 heterocycles. The first-order valence-electron chi connectivity index (χ1n) is 4.46. The summed E-state index contributed by atoms with van der Waals surface area (Å²) in [6.45, 7) is -0.961. The van der Waals surface area contributed by atoms with E-state index in [-0.39, 0.29) is 22.4 Å². The van der Waals surface area contributed by atoms with Gasteiger partial charge in [-0.3, -0.25) is 0 Å². The standard InChI is InChI=1S/C10H9BrF2O3/c1-2-15-9(14)6-3-4-8(7(11)5-6)16-10(12)13/h3-5,10H,2H2,1H3. The summed E-state index contributed by atoms with van der Waals surface area (Å²) in [5.41, 5.74) is 0.273. The Morgan fingerprint density at radius 2 is 2.19 bits per heavy atom. The van der Waals surface area contributed by atoms with Crippen molar-refractivity contribution in [1.29, 1.82) is 0 Å². The summed E-state index contributed by atoms with van der Waals surface area (Å²) in [4.78, 5) is 11.3. The molecule has 0 radical (unpaired) electrons. The lowest BCUT2D eigenvalue weighted by atomic mass is 10.2. The third-order valence-electron chi connectivity index (χ3n) is 1.66. The van der Waals surface area contributed by atoms with Gasteiger partial charge in [0.15, 0.2) is 0 Å². The van der Waals surface area contributed by atoms with Gasteiger partial charge in [-0.25, -0.2) is 4.79 Å². The Morgan fingerprint density at radius 1 is 1.50 bits per heavy atom. The van der Waals surface area contributed by atoms with E-state index in [0.29, 0.717) is 0 Å². The van der Waals surface area contributed by atoms with Gasteiger partial charge in [-0.1, -0.05) is 0 Å². The lowest BCUT2D eigenvalue weighted by Gasteiger charge is -2.08. The van der Waals surface area contributed by atoms with Crippen molar-refractivity contribution in [3.63, 3.8) is 0 Å². The summed E-state index contributed by atoms with van der Waals surface area (Å²) in [6.07, 6.45) is 0. The molecule has 0 saturated carbocycles. The van der Waals surface area contributed by atoms with Crippen molar-refractivity contribution in [3.05, 3.63) is 28.2 Å². The normalized spacial score (nSPS) is 10.3. The fourth-order valence-corrected chi connectivity index (χ4v) is 1.51. The van der Waals surface area contributed by atoms with Gasteiger partial charge in [-0.15, -0.1) is 0 Å². The molecular formula is C10H9BrF2O3. The summed E-state index contributed by atoms with van der Waals surface area (Å²) in [5, 5.41) is 0. The van der Waals surface area contributed by atoms with Crippen LogP contribution in [0.25, 0.3) is 0 Å². The molecule has 3 nitrogen and oxygen atoms in total. The Morgan fingerprint density at radius 3 is 2.69 bits per heavy atom. The number of carbonyl (C=O) groups excluding carboxylic acids is 1. The molecule has 88 valence electrons. The smallest absolute Gasteiger partial charge is 0.387 e. The largest absolute Gasteiger partial charge is 0.462 e. The summed E-state index contributed by atoms with van der Waals surface area (Å²) >= 11 is 3.03. The van der Waals surface area contributed by atoms with Gasteiger partial charge in [0.1, 0.15) is 5.75 Å². The van der Waals surface area contributed by atoms with Crippen LogP contribution in [0.4, 0.5) is 8.78 Å². The molecule has 0 aromatic heterocycles. The number of ether oxygens (including phenoxy) is 2. The van der Waals surface area contributed by atoms with Crippen molar-refractivity contribution in [2.75, 3.05) is 6.61 Å². The third kappa shape index (κ3) is 3.44. The number of hydrogen-bond acceptors (Lipinski definition) is 3. The van der Waals surface area contributed by atoms with Crippen molar-refractivity contribution in [3.8, 4) is 5.75 Å².